The van der Waals surface area contributed by atoms with E-state index < -0.39 is 0 Å². The lowest BCUT2D eigenvalue weighted by Gasteiger charge is -2.07. The number of aryl methyl sites for hydroxylation is 1. The van der Waals surface area contributed by atoms with Gasteiger partial charge in [0, 0.05) is 7.05 Å². The van der Waals surface area contributed by atoms with Crippen LogP contribution in [0, 0.1) is 0 Å². The quantitative estimate of drug-likeness (QED) is 0.726. The first kappa shape index (κ1) is 11.2. The van der Waals surface area contributed by atoms with Crippen LogP contribution in [-0.4, -0.2) is 26.4 Å². The molecule has 92 valence electrons. The minimum atomic E-state index is 0.566. The fraction of sp³-hybridized carbons (Fsp3) is 0.250. The van der Waals surface area contributed by atoms with Gasteiger partial charge in [0.1, 0.15) is 11.2 Å². The Morgan fingerprint density at radius 2 is 2.28 bits per heavy atom. The largest absolute Gasteiger partial charge is 0.476 e. The Hall–Kier alpha value is -1.95. The summed E-state index contributed by atoms with van der Waals surface area (Å²) in [5, 5.41) is 6.17. The van der Waals surface area contributed by atoms with Gasteiger partial charge in [-0.3, -0.25) is 0 Å². The fourth-order valence-electron chi connectivity index (χ4n) is 1.76. The summed E-state index contributed by atoms with van der Waals surface area (Å²) in [4.78, 5) is 10.2. The van der Waals surface area contributed by atoms with E-state index in [1.165, 1.54) is 0 Å². The molecule has 5 nitrogen and oxygen atoms in total. The standard InChI is InChI=1S/C12H12N4OS/c1-3-17-12-10(9-5-4-6-18-9)14-8-7-13-16(2)11(8)15-12/h4-7H,3H2,1-2H3. The van der Waals surface area contributed by atoms with Crippen LogP contribution in [0.1, 0.15) is 6.92 Å². The second-order valence-electron chi connectivity index (χ2n) is 3.76. The van der Waals surface area contributed by atoms with Crippen LogP contribution in [-0.2, 0) is 7.05 Å². The van der Waals surface area contributed by atoms with E-state index in [1.54, 1.807) is 22.2 Å². The van der Waals surface area contributed by atoms with E-state index in [0.717, 1.165) is 21.7 Å². The maximum Gasteiger partial charge on any atom is 0.243 e. The van der Waals surface area contributed by atoms with E-state index >= 15 is 0 Å². The Labute approximate surface area is 108 Å². The van der Waals surface area contributed by atoms with Gasteiger partial charge in [-0.1, -0.05) is 6.07 Å². The first-order chi connectivity index (χ1) is 8.79. The molecule has 3 aromatic heterocycles. The van der Waals surface area contributed by atoms with Crippen molar-refractivity contribution in [1.82, 2.24) is 19.7 Å². The number of ether oxygens (including phenoxy) is 1. The summed E-state index contributed by atoms with van der Waals surface area (Å²) < 4.78 is 7.28. The van der Waals surface area contributed by atoms with Gasteiger partial charge in [0.05, 0.1) is 17.7 Å². The maximum absolute atomic E-state index is 5.59. The van der Waals surface area contributed by atoms with E-state index in [1.807, 2.05) is 31.5 Å². The lowest BCUT2D eigenvalue weighted by atomic mass is 10.3. The van der Waals surface area contributed by atoms with Crippen LogP contribution in [0.2, 0.25) is 0 Å². The summed E-state index contributed by atoms with van der Waals surface area (Å²) in [6.45, 7) is 2.50. The number of fused-ring (bicyclic) bond motifs is 1. The van der Waals surface area contributed by atoms with Crippen LogP contribution in [0.3, 0.4) is 0 Å². The number of aromatic nitrogens is 4. The topological polar surface area (TPSA) is 52.8 Å². The van der Waals surface area contributed by atoms with Gasteiger partial charge in [-0.2, -0.15) is 10.1 Å². The molecule has 0 radical (unpaired) electrons. The summed E-state index contributed by atoms with van der Waals surface area (Å²) in [5.74, 6) is 0.566. The monoisotopic (exact) mass is 260 g/mol. The Morgan fingerprint density at radius 3 is 3.00 bits per heavy atom. The van der Waals surface area contributed by atoms with Crippen molar-refractivity contribution < 1.29 is 4.74 Å². The molecule has 0 aromatic carbocycles. The van der Waals surface area contributed by atoms with E-state index in [0.29, 0.717) is 12.5 Å². The Kier molecular flexibility index (Phi) is 2.71. The summed E-state index contributed by atoms with van der Waals surface area (Å²) in [6.07, 6.45) is 1.72. The average Bonchev–Trinajstić information content (AvgIpc) is 3.00. The van der Waals surface area contributed by atoms with Gasteiger partial charge in [0.2, 0.25) is 5.88 Å². The number of hydrogen-bond donors (Lipinski definition) is 0. The molecule has 0 atom stereocenters. The van der Waals surface area contributed by atoms with Crippen molar-refractivity contribution in [2.75, 3.05) is 6.61 Å². The molecule has 0 saturated carbocycles. The zero-order chi connectivity index (χ0) is 12.5. The molecule has 0 N–H and O–H groups in total. The van der Waals surface area contributed by atoms with Crippen LogP contribution < -0.4 is 4.74 Å². The van der Waals surface area contributed by atoms with E-state index in [2.05, 4.69) is 15.1 Å². The Morgan fingerprint density at radius 1 is 1.39 bits per heavy atom. The van der Waals surface area contributed by atoms with Gasteiger partial charge in [0.25, 0.3) is 0 Å². The highest BCUT2D eigenvalue weighted by atomic mass is 32.1. The van der Waals surface area contributed by atoms with Crippen molar-refractivity contribution in [2.24, 2.45) is 7.05 Å². The Balaban J connectivity index is 2.25. The molecule has 0 saturated heterocycles. The summed E-state index contributed by atoms with van der Waals surface area (Å²) in [5.41, 5.74) is 2.30. The van der Waals surface area contributed by atoms with Gasteiger partial charge in [-0.15, -0.1) is 11.3 Å². The average molecular weight is 260 g/mol. The molecule has 0 spiro atoms. The Bertz CT molecular complexity index is 675. The highest BCUT2D eigenvalue weighted by Gasteiger charge is 2.14. The van der Waals surface area contributed by atoms with Crippen molar-refractivity contribution in [1.29, 1.82) is 0 Å². The van der Waals surface area contributed by atoms with Crippen LogP contribution in [0.4, 0.5) is 0 Å². The molecular weight excluding hydrogens is 248 g/mol. The van der Waals surface area contributed by atoms with Gasteiger partial charge in [-0.05, 0) is 18.4 Å². The number of thiophene rings is 1. The predicted octanol–water partition coefficient (Wildman–Crippen LogP) is 2.49. The van der Waals surface area contributed by atoms with Crippen molar-refractivity contribution in [3.05, 3.63) is 23.7 Å². The molecule has 0 aliphatic heterocycles. The minimum absolute atomic E-state index is 0.566. The van der Waals surface area contributed by atoms with E-state index in [-0.39, 0.29) is 0 Å². The fourth-order valence-corrected chi connectivity index (χ4v) is 2.46. The zero-order valence-corrected chi connectivity index (χ0v) is 10.9. The minimum Gasteiger partial charge on any atom is -0.476 e. The molecule has 3 rings (SSSR count). The molecule has 6 heteroatoms. The molecule has 18 heavy (non-hydrogen) atoms. The predicted molar refractivity (Wildman–Crippen MR) is 70.8 cm³/mol. The van der Waals surface area contributed by atoms with Crippen LogP contribution >= 0.6 is 11.3 Å². The molecule has 3 heterocycles. The molecule has 0 aliphatic rings. The smallest absolute Gasteiger partial charge is 0.243 e. The van der Waals surface area contributed by atoms with Crippen molar-refractivity contribution in [3.8, 4) is 16.5 Å². The first-order valence-corrected chi connectivity index (χ1v) is 6.54. The second-order valence-corrected chi connectivity index (χ2v) is 4.71. The SMILES string of the molecule is CCOc1nc2c(cnn2C)nc1-c1cccs1. The van der Waals surface area contributed by atoms with Crippen molar-refractivity contribution in [2.45, 2.75) is 6.92 Å². The first-order valence-electron chi connectivity index (χ1n) is 5.66. The number of nitrogens with zero attached hydrogens (tertiary/aromatic N) is 4. The molecule has 0 unspecified atom stereocenters. The molecule has 0 aliphatic carbocycles. The van der Waals surface area contributed by atoms with E-state index in [9.17, 15) is 0 Å². The lowest BCUT2D eigenvalue weighted by molar-refractivity contribution is 0.328. The molecule has 0 bridgehead atoms. The van der Waals surface area contributed by atoms with Crippen LogP contribution in [0.15, 0.2) is 23.7 Å². The third-order valence-corrected chi connectivity index (χ3v) is 3.44. The van der Waals surface area contributed by atoms with Gasteiger partial charge in [0.15, 0.2) is 5.65 Å². The van der Waals surface area contributed by atoms with Crippen LogP contribution in [0.5, 0.6) is 5.88 Å². The van der Waals surface area contributed by atoms with Crippen molar-refractivity contribution >= 4 is 22.5 Å². The molecule has 0 fully saturated rings. The van der Waals surface area contributed by atoms with Gasteiger partial charge >= 0.3 is 0 Å². The summed E-state index contributed by atoms with van der Waals surface area (Å²) in [6, 6.07) is 4.00. The lowest BCUT2D eigenvalue weighted by Crippen LogP contribution is -2.01. The molecular formula is C12H12N4OS. The molecule has 0 amide bonds. The molecule has 3 aromatic rings. The third-order valence-electron chi connectivity index (χ3n) is 2.57. The summed E-state index contributed by atoms with van der Waals surface area (Å²) >= 11 is 1.62. The normalized spacial score (nSPS) is 11.0. The zero-order valence-electron chi connectivity index (χ0n) is 10.1. The number of hydrogen-bond acceptors (Lipinski definition) is 5. The highest BCUT2D eigenvalue weighted by molar-refractivity contribution is 7.13. The second kappa shape index (κ2) is 4.38. The van der Waals surface area contributed by atoms with Gasteiger partial charge < -0.3 is 4.74 Å². The third kappa shape index (κ3) is 1.74. The number of rotatable bonds is 3. The van der Waals surface area contributed by atoms with E-state index in [4.69, 9.17) is 4.74 Å². The van der Waals surface area contributed by atoms with Crippen LogP contribution in [0.25, 0.3) is 21.7 Å². The highest BCUT2D eigenvalue weighted by Crippen LogP contribution is 2.31. The maximum atomic E-state index is 5.59. The summed E-state index contributed by atoms with van der Waals surface area (Å²) in [7, 11) is 1.84. The van der Waals surface area contributed by atoms with Gasteiger partial charge in [-0.25, -0.2) is 9.67 Å². The van der Waals surface area contributed by atoms with Crippen molar-refractivity contribution in [3.63, 3.8) is 0 Å².